The number of carbonyl (C=O) groups excluding carboxylic acids is 1. The van der Waals surface area contributed by atoms with Crippen LogP contribution in [0.25, 0.3) is 110 Å². The molecule has 0 saturated heterocycles. The summed E-state index contributed by atoms with van der Waals surface area (Å²) in [6.45, 7) is -0.181. The molecular weight excluding hydrogens is 991 g/mol. The predicted octanol–water partition coefficient (Wildman–Crippen LogP) is 9.16. The van der Waals surface area contributed by atoms with Crippen LogP contribution in [0, 0.1) is 11.6 Å². The summed E-state index contributed by atoms with van der Waals surface area (Å²) < 4.78 is 53.0. The first-order valence-electron chi connectivity index (χ1n) is 18.9. The summed E-state index contributed by atoms with van der Waals surface area (Å²) in [5.41, 5.74) is 6.27. The zero-order valence-corrected chi connectivity index (χ0v) is 43.4. The van der Waals surface area contributed by atoms with Gasteiger partial charge in [-0.1, -0.05) is 46.4 Å². The van der Waals surface area contributed by atoms with Crippen LogP contribution in [0.4, 0.5) is 8.78 Å². The summed E-state index contributed by atoms with van der Waals surface area (Å²) in [7, 11) is 0. The molecule has 66 heavy (non-hydrogen) atoms. The zero-order valence-electron chi connectivity index (χ0n) is 35.1. The third kappa shape index (κ3) is 9.02. The van der Waals surface area contributed by atoms with Gasteiger partial charge in [-0.3, -0.25) is 4.79 Å². The van der Waals surface area contributed by atoms with Crippen molar-refractivity contribution in [2.24, 2.45) is 0 Å². The molecule has 2 N–H and O–H groups in total. The first-order valence-corrected chi connectivity index (χ1v) is 20.4. The molecule has 0 amide bonds. The maximum absolute atomic E-state index is 14.4. The summed E-state index contributed by atoms with van der Waals surface area (Å²) in [6.07, 6.45) is 0. The second-order valence-electron chi connectivity index (χ2n) is 14.6. The Hall–Kier alpha value is -3.72. The van der Waals surface area contributed by atoms with Crippen LogP contribution in [0.1, 0.15) is 1.43 Å². The molecule has 0 aliphatic carbocycles. The number of hydrogen-bond donors (Lipinski definition) is 2. The van der Waals surface area contributed by atoms with Gasteiger partial charge < -0.3 is 39.5 Å². The number of benzene rings is 8. The SMILES string of the molecule is Clc1ccc2c(c1)oc1cc3c(cc12)oc1cc2c(cc13)oc1cc(Cl)ccc12.O=CO[O-].Oc1cc2c(cc1-c1ccc(Cl)cc1F)oc1cc(-c3ccc(Cl)cc3F)c(O)cc12.[H-].[K+].[K+]. The number of phenolic OH excluding ortho intramolecular Hbond substituents is 2. The van der Waals surface area contributed by atoms with Crippen LogP contribution in [0.3, 0.4) is 0 Å². The van der Waals surface area contributed by atoms with E-state index in [2.05, 4.69) is 4.89 Å². The predicted molar refractivity (Wildman–Crippen MR) is 244 cm³/mol. The van der Waals surface area contributed by atoms with Crippen molar-refractivity contribution < 1.29 is 156 Å². The van der Waals surface area contributed by atoms with Crippen LogP contribution in [-0.2, 0) is 9.68 Å². The van der Waals surface area contributed by atoms with E-state index in [0.29, 0.717) is 32.0 Å². The molecule has 4 aromatic heterocycles. The van der Waals surface area contributed by atoms with Crippen LogP contribution >= 0.6 is 46.4 Å². The van der Waals surface area contributed by atoms with Crippen molar-refractivity contribution in [2.75, 3.05) is 0 Å². The second-order valence-corrected chi connectivity index (χ2v) is 16.3. The first-order chi connectivity index (χ1) is 30.9. The standard InChI is InChI=1S/C24H12Cl2F2O3.C24H10Cl2O3.CH2O3.2K.H/c25-11-1-3-13(19(27)5-11)15-9-23-17(7-21(15)29)18-8-22(30)16(10-24(18)31-23)14-4-2-12(26)6-20(14)28;25-11-1-3-13-15-7-23-17(9-21(15)27-19(13)5-11)18-10-22-16(8-24(18)29-23)14-4-2-12(26)6-20(14)28-22;2-1-4-3;;;/h1-10,29-30H;1-10H;1,3H;;;/q;;;2*+1;-1/p-1. The molecule has 0 bridgehead atoms. The van der Waals surface area contributed by atoms with E-state index < -0.39 is 11.6 Å². The van der Waals surface area contributed by atoms with E-state index in [1.54, 1.807) is 0 Å². The van der Waals surface area contributed by atoms with Crippen molar-refractivity contribution in [3.63, 3.8) is 0 Å². The van der Waals surface area contributed by atoms with Crippen LogP contribution in [0.2, 0.25) is 20.1 Å². The van der Waals surface area contributed by atoms with Crippen LogP contribution in [-0.4, -0.2) is 16.7 Å². The maximum Gasteiger partial charge on any atom is 1.00 e. The molecule has 12 aromatic rings. The molecule has 0 saturated carbocycles. The molecule has 8 aromatic carbocycles. The number of halogens is 6. The Morgan fingerprint density at radius 1 is 0.424 bits per heavy atom. The van der Waals surface area contributed by atoms with E-state index >= 15 is 0 Å². The molecule has 0 unspecified atom stereocenters. The summed E-state index contributed by atoms with van der Waals surface area (Å²) in [6, 6.07) is 33.6. The first kappa shape index (κ1) is 48.7. The van der Waals surface area contributed by atoms with E-state index in [4.69, 9.17) is 74.1 Å². The average molecular weight is 1010 g/mol. The minimum atomic E-state index is -0.587. The van der Waals surface area contributed by atoms with Gasteiger partial charge in [0.15, 0.2) is 0 Å². The third-order valence-corrected chi connectivity index (χ3v) is 11.7. The molecule has 4 heterocycles. The van der Waals surface area contributed by atoms with Gasteiger partial charge in [0.25, 0.3) is 6.47 Å². The summed E-state index contributed by atoms with van der Waals surface area (Å²) in [4.78, 5) is 11.2. The molecule has 0 fully saturated rings. The van der Waals surface area contributed by atoms with Gasteiger partial charge in [-0.05, 0) is 109 Å². The van der Waals surface area contributed by atoms with Gasteiger partial charge in [-0.2, -0.15) is 0 Å². The number of fused-ring (bicyclic) bond motifs is 12. The third-order valence-electron chi connectivity index (χ3n) is 10.8. The fourth-order valence-corrected chi connectivity index (χ4v) is 8.60. The quantitative estimate of drug-likeness (QED) is 0.0767. The number of aromatic hydroxyl groups is 2. The molecule has 0 radical (unpaired) electrons. The van der Waals surface area contributed by atoms with Gasteiger partial charge in [0.2, 0.25) is 0 Å². The number of carbonyl (C=O) groups is 1. The van der Waals surface area contributed by atoms with Gasteiger partial charge in [0.1, 0.15) is 67.8 Å². The smallest absolute Gasteiger partial charge is 1.00 e. The van der Waals surface area contributed by atoms with E-state index in [-0.39, 0.29) is 154 Å². The Labute approximate surface area is 476 Å². The minimum Gasteiger partial charge on any atom is -1.00 e. The number of rotatable bonds is 3. The number of hydrogen-bond acceptors (Lipinski definition) is 9. The summed E-state index contributed by atoms with van der Waals surface area (Å²) in [5.74, 6) is -1.50. The van der Waals surface area contributed by atoms with Crippen molar-refractivity contribution in [1.29, 1.82) is 0 Å². The topological polar surface area (TPSA) is 142 Å². The van der Waals surface area contributed by atoms with E-state index in [1.807, 2.05) is 60.7 Å². The number of furan rings is 4. The fraction of sp³-hybridized carbons (Fsp3) is 0. The molecule has 12 rings (SSSR count). The molecule has 17 heteroatoms. The Morgan fingerprint density at radius 3 is 1.03 bits per heavy atom. The van der Waals surface area contributed by atoms with Crippen LogP contribution < -0.4 is 108 Å². The molecule has 0 atom stereocenters. The van der Waals surface area contributed by atoms with Gasteiger partial charge in [0, 0.05) is 97.6 Å². The number of phenols is 2. The normalized spacial score (nSPS) is 11.2. The van der Waals surface area contributed by atoms with Crippen molar-refractivity contribution in [3.8, 4) is 33.8 Å². The molecule has 9 nitrogen and oxygen atoms in total. The largest absolute Gasteiger partial charge is 1.00 e. The van der Waals surface area contributed by atoms with Crippen LogP contribution in [0.5, 0.6) is 11.5 Å². The van der Waals surface area contributed by atoms with Crippen molar-refractivity contribution in [2.45, 2.75) is 0 Å². The second kappa shape index (κ2) is 19.7. The molecule has 0 spiro atoms. The van der Waals surface area contributed by atoms with Crippen molar-refractivity contribution in [3.05, 3.63) is 153 Å². The van der Waals surface area contributed by atoms with Crippen LogP contribution in [0.15, 0.2) is 139 Å². The molecular formula is C49H24Cl4F2K2O9. The van der Waals surface area contributed by atoms with Gasteiger partial charge in [0.05, 0.1) is 0 Å². The Bertz CT molecular complexity index is 3650. The van der Waals surface area contributed by atoms with Gasteiger partial charge in [-0.25, -0.2) is 8.78 Å². The van der Waals surface area contributed by atoms with Crippen molar-refractivity contribution in [1.82, 2.24) is 0 Å². The van der Waals surface area contributed by atoms with Gasteiger partial charge >= 0.3 is 103 Å². The molecule has 318 valence electrons. The Morgan fingerprint density at radius 2 is 0.697 bits per heavy atom. The van der Waals surface area contributed by atoms with Crippen molar-refractivity contribution >= 4 is 141 Å². The summed E-state index contributed by atoms with van der Waals surface area (Å²) >= 11 is 23.8. The molecule has 0 aliphatic rings. The minimum absolute atomic E-state index is 0. The maximum atomic E-state index is 14.4. The van der Waals surface area contributed by atoms with E-state index in [1.165, 1.54) is 48.5 Å². The van der Waals surface area contributed by atoms with Gasteiger partial charge in [-0.15, -0.1) is 0 Å². The average Bonchev–Trinajstić information content (AvgIpc) is 4.00. The fourth-order valence-electron chi connectivity index (χ4n) is 7.95. The Kier molecular flexibility index (Phi) is 14.6. The zero-order chi connectivity index (χ0) is 44.6. The monoisotopic (exact) mass is 1010 g/mol. The Balaban J connectivity index is 0.000000177. The summed E-state index contributed by atoms with van der Waals surface area (Å²) in [5, 5.41) is 38.3. The van der Waals surface area contributed by atoms with E-state index in [9.17, 15) is 19.0 Å². The molecule has 0 aliphatic heterocycles. The van der Waals surface area contributed by atoms with E-state index in [0.717, 1.165) is 77.9 Å².